The summed E-state index contributed by atoms with van der Waals surface area (Å²) in [7, 11) is 0. The smallest absolute Gasteiger partial charge is 0.262 e. The van der Waals surface area contributed by atoms with Gasteiger partial charge in [-0.15, -0.1) is 0 Å². The van der Waals surface area contributed by atoms with Crippen LogP contribution in [0.25, 0.3) is 11.8 Å². The molecule has 5 heteroatoms. The number of hydrogen-bond donors (Lipinski definition) is 0. The maximum Gasteiger partial charge on any atom is 0.262 e. The van der Waals surface area contributed by atoms with Gasteiger partial charge < -0.3 is 0 Å². The van der Waals surface area contributed by atoms with Gasteiger partial charge in [0.1, 0.15) is 0 Å². The van der Waals surface area contributed by atoms with Crippen LogP contribution in [0.2, 0.25) is 15.1 Å². The first kappa shape index (κ1) is 19.8. The number of halogens is 3. The number of nitrogens with zero attached hydrogens (tertiary/aromatic N) is 1. The summed E-state index contributed by atoms with van der Waals surface area (Å²) in [5.41, 5.74) is 4.58. The Bertz CT molecular complexity index is 1170. The summed E-state index contributed by atoms with van der Waals surface area (Å²) in [6.07, 6.45) is 3.66. The molecule has 0 unspecified atom stereocenters. The van der Waals surface area contributed by atoms with Crippen LogP contribution in [0.5, 0.6) is 0 Å². The van der Waals surface area contributed by atoms with E-state index in [0.29, 0.717) is 20.6 Å². The summed E-state index contributed by atoms with van der Waals surface area (Å²) >= 11 is 18.6. The predicted octanol–water partition coefficient (Wildman–Crippen LogP) is 7.43. The average Bonchev–Trinajstić information content (AvgIpc) is 3.03. The van der Waals surface area contributed by atoms with E-state index < -0.39 is 0 Å². The summed E-state index contributed by atoms with van der Waals surface area (Å²) in [4.78, 5) is 15.1. The molecule has 0 saturated heterocycles. The topological polar surface area (TPSA) is 20.3 Å². The highest BCUT2D eigenvalue weighted by Gasteiger charge is 2.31. The van der Waals surface area contributed by atoms with Gasteiger partial charge in [-0.25, -0.2) is 0 Å². The maximum atomic E-state index is 13.4. The lowest BCUT2D eigenvalue weighted by atomic mass is 10.1. The zero-order valence-corrected chi connectivity index (χ0v) is 17.8. The molecule has 0 aliphatic carbocycles. The Morgan fingerprint density at radius 2 is 1.62 bits per heavy atom. The van der Waals surface area contributed by atoms with Gasteiger partial charge >= 0.3 is 0 Å². The van der Waals surface area contributed by atoms with Crippen LogP contribution in [0.4, 0.5) is 5.69 Å². The van der Waals surface area contributed by atoms with E-state index in [1.807, 2.05) is 61.5 Å². The number of carbonyl (C=O) groups is 1. The lowest BCUT2D eigenvalue weighted by Crippen LogP contribution is -2.25. The van der Waals surface area contributed by atoms with E-state index in [2.05, 4.69) is 0 Å². The number of rotatable bonds is 3. The van der Waals surface area contributed by atoms with E-state index in [1.165, 1.54) is 0 Å². The van der Waals surface area contributed by atoms with Crippen LogP contribution < -0.4 is 4.90 Å². The minimum atomic E-state index is -0.139. The van der Waals surface area contributed by atoms with Crippen molar-refractivity contribution in [2.75, 3.05) is 4.90 Å². The normalized spacial score (nSPS) is 15.2. The molecule has 0 bridgehead atoms. The van der Waals surface area contributed by atoms with E-state index in [1.54, 1.807) is 29.2 Å². The molecule has 1 aliphatic rings. The number of carbonyl (C=O) groups excluding carboxylic acids is 1. The van der Waals surface area contributed by atoms with Crippen molar-refractivity contribution >= 4 is 58.2 Å². The van der Waals surface area contributed by atoms with Crippen LogP contribution in [0.3, 0.4) is 0 Å². The van der Waals surface area contributed by atoms with Crippen molar-refractivity contribution in [1.82, 2.24) is 0 Å². The maximum absolute atomic E-state index is 13.4. The summed E-state index contributed by atoms with van der Waals surface area (Å²) in [5, 5.41) is 1.65. The van der Waals surface area contributed by atoms with Crippen LogP contribution in [-0.2, 0) is 4.79 Å². The lowest BCUT2D eigenvalue weighted by Gasteiger charge is -2.23. The van der Waals surface area contributed by atoms with Gasteiger partial charge in [0.05, 0.1) is 11.4 Å². The first-order chi connectivity index (χ1) is 14.0. The molecule has 29 heavy (non-hydrogen) atoms. The van der Waals surface area contributed by atoms with E-state index in [4.69, 9.17) is 34.8 Å². The summed E-state index contributed by atoms with van der Waals surface area (Å²) in [5.74, 6) is -0.139. The SMILES string of the molecule is Cc1c(Cl)cccc1N1C(=O)/C(=C/c2ccc(Cl)cc2Cl)C=C1c1ccccc1. The van der Waals surface area contributed by atoms with Crippen molar-refractivity contribution in [3.63, 3.8) is 0 Å². The van der Waals surface area contributed by atoms with Crippen LogP contribution in [0, 0.1) is 6.92 Å². The molecule has 4 rings (SSSR count). The predicted molar refractivity (Wildman–Crippen MR) is 123 cm³/mol. The van der Waals surface area contributed by atoms with Crippen molar-refractivity contribution in [3.8, 4) is 0 Å². The molecule has 144 valence electrons. The highest BCUT2D eigenvalue weighted by molar-refractivity contribution is 6.36. The molecule has 0 N–H and O–H groups in total. The van der Waals surface area contributed by atoms with Gasteiger partial charge in [-0.1, -0.05) is 77.3 Å². The second-order valence-corrected chi connectivity index (χ2v) is 7.94. The van der Waals surface area contributed by atoms with Gasteiger partial charge in [0.15, 0.2) is 0 Å². The summed E-state index contributed by atoms with van der Waals surface area (Å²) in [6.45, 7) is 1.91. The minimum Gasteiger partial charge on any atom is -0.276 e. The van der Waals surface area contributed by atoms with Gasteiger partial charge in [0.2, 0.25) is 0 Å². The Balaban J connectivity index is 1.87. The summed E-state index contributed by atoms with van der Waals surface area (Å²) < 4.78 is 0. The van der Waals surface area contributed by atoms with Gasteiger partial charge in [-0.3, -0.25) is 9.69 Å². The van der Waals surface area contributed by atoms with Gasteiger partial charge in [-0.05, 0) is 60.0 Å². The molecular formula is C24H16Cl3NO. The minimum absolute atomic E-state index is 0.139. The Hall–Kier alpha value is -2.52. The van der Waals surface area contributed by atoms with E-state index in [9.17, 15) is 4.79 Å². The van der Waals surface area contributed by atoms with E-state index in [0.717, 1.165) is 28.1 Å². The van der Waals surface area contributed by atoms with E-state index in [-0.39, 0.29) is 5.91 Å². The fourth-order valence-electron chi connectivity index (χ4n) is 3.30. The molecule has 0 radical (unpaired) electrons. The third kappa shape index (κ3) is 3.84. The zero-order valence-electron chi connectivity index (χ0n) is 15.5. The Morgan fingerprint density at radius 1 is 0.862 bits per heavy atom. The quantitative estimate of drug-likeness (QED) is 0.388. The fourth-order valence-corrected chi connectivity index (χ4v) is 3.93. The molecule has 1 amide bonds. The van der Waals surface area contributed by atoms with Crippen molar-refractivity contribution in [3.05, 3.63) is 110 Å². The van der Waals surface area contributed by atoms with Crippen molar-refractivity contribution < 1.29 is 4.79 Å². The molecular weight excluding hydrogens is 425 g/mol. The Kier molecular flexibility index (Phi) is 5.51. The second-order valence-electron chi connectivity index (χ2n) is 6.69. The first-order valence-electron chi connectivity index (χ1n) is 8.99. The number of anilines is 1. The zero-order chi connectivity index (χ0) is 20.5. The second kappa shape index (κ2) is 8.08. The monoisotopic (exact) mass is 439 g/mol. The number of amides is 1. The third-order valence-electron chi connectivity index (χ3n) is 4.81. The van der Waals surface area contributed by atoms with Crippen LogP contribution in [0.15, 0.2) is 78.4 Å². The van der Waals surface area contributed by atoms with Crippen LogP contribution in [0.1, 0.15) is 16.7 Å². The number of benzene rings is 3. The molecule has 0 saturated carbocycles. The molecule has 1 heterocycles. The molecule has 0 fully saturated rings. The fraction of sp³-hybridized carbons (Fsp3) is 0.0417. The largest absolute Gasteiger partial charge is 0.276 e. The average molecular weight is 441 g/mol. The highest BCUT2D eigenvalue weighted by Crippen LogP contribution is 2.38. The first-order valence-corrected chi connectivity index (χ1v) is 10.1. The summed E-state index contributed by atoms with van der Waals surface area (Å²) in [6, 6.07) is 20.6. The van der Waals surface area contributed by atoms with Crippen molar-refractivity contribution in [2.24, 2.45) is 0 Å². The molecule has 1 aliphatic heterocycles. The Labute approximate surface area is 184 Å². The molecule has 3 aromatic rings. The number of hydrogen-bond acceptors (Lipinski definition) is 1. The van der Waals surface area contributed by atoms with Gasteiger partial charge in [0, 0.05) is 20.6 Å². The van der Waals surface area contributed by atoms with E-state index >= 15 is 0 Å². The molecule has 0 aromatic heterocycles. The third-order valence-corrected chi connectivity index (χ3v) is 5.78. The van der Waals surface area contributed by atoms with Gasteiger partial charge in [0.25, 0.3) is 5.91 Å². The van der Waals surface area contributed by atoms with Crippen molar-refractivity contribution in [1.29, 1.82) is 0 Å². The van der Waals surface area contributed by atoms with Crippen molar-refractivity contribution in [2.45, 2.75) is 6.92 Å². The van der Waals surface area contributed by atoms with Gasteiger partial charge in [-0.2, -0.15) is 0 Å². The molecule has 2 nitrogen and oxygen atoms in total. The molecule has 0 atom stereocenters. The Morgan fingerprint density at radius 3 is 2.34 bits per heavy atom. The van der Waals surface area contributed by atoms with Crippen LogP contribution in [-0.4, -0.2) is 5.91 Å². The molecule has 0 spiro atoms. The lowest BCUT2D eigenvalue weighted by molar-refractivity contribution is -0.113. The molecule has 3 aromatic carbocycles. The van der Waals surface area contributed by atoms with Crippen LogP contribution >= 0.6 is 34.8 Å². The standard InChI is InChI=1S/C24H16Cl3NO/c1-15-20(26)8-5-9-22(15)28-23(16-6-3-2-4-7-16)13-18(24(28)29)12-17-10-11-19(25)14-21(17)27/h2-14H,1H3/b18-12+. The highest BCUT2D eigenvalue weighted by atomic mass is 35.5.